The van der Waals surface area contributed by atoms with E-state index in [1.165, 1.54) is 0 Å². The molecule has 6 nitrogen and oxygen atoms in total. The van der Waals surface area contributed by atoms with Crippen molar-refractivity contribution in [1.82, 2.24) is 9.55 Å². The topological polar surface area (TPSA) is 96.2 Å². The monoisotopic (exact) mass is 290 g/mol. The highest BCUT2D eigenvalue weighted by atomic mass is 16.5. The highest BCUT2D eigenvalue weighted by molar-refractivity contribution is 5.85. The second-order valence-corrected chi connectivity index (χ2v) is 5.73. The zero-order valence-electron chi connectivity index (χ0n) is 12.7. The molecule has 0 saturated carbocycles. The van der Waals surface area contributed by atoms with Gasteiger partial charge in [-0.25, -0.2) is 4.98 Å². The number of rotatable bonds is 6. The molecule has 0 aliphatic carbocycles. The van der Waals surface area contributed by atoms with E-state index in [0.717, 1.165) is 11.9 Å². The van der Waals surface area contributed by atoms with Crippen LogP contribution in [0.1, 0.15) is 33.6 Å². The van der Waals surface area contributed by atoms with Gasteiger partial charge in [-0.1, -0.05) is 13.0 Å². The number of primary amides is 1. The lowest BCUT2D eigenvalue weighted by atomic mass is 9.99. The third-order valence-corrected chi connectivity index (χ3v) is 3.35. The van der Waals surface area contributed by atoms with Gasteiger partial charge in [-0.3, -0.25) is 4.79 Å². The lowest BCUT2D eigenvalue weighted by molar-refractivity contribution is -0.119. The molecule has 0 fully saturated rings. The summed E-state index contributed by atoms with van der Waals surface area (Å²) in [5.41, 5.74) is 12.4. The average molecular weight is 290 g/mol. The summed E-state index contributed by atoms with van der Waals surface area (Å²) in [4.78, 5) is 15.7. The number of carbonyl (C=O) groups is 1. The summed E-state index contributed by atoms with van der Waals surface area (Å²) in [7, 11) is 0. The van der Waals surface area contributed by atoms with Crippen molar-refractivity contribution in [1.29, 1.82) is 0 Å². The first-order valence-corrected chi connectivity index (χ1v) is 7.05. The SMILES string of the molecule is CCCOc1cccc2c1nc(N)n2C(C)(C)CC(N)=O. The highest BCUT2D eigenvalue weighted by Gasteiger charge is 2.28. The Balaban J connectivity index is 2.55. The summed E-state index contributed by atoms with van der Waals surface area (Å²) in [6.07, 6.45) is 1.10. The number of benzene rings is 1. The van der Waals surface area contributed by atoms with Gasteiger partial charge in [-0.05, 0) is 32.4 Å². The van der Waals surface area contributed by atoms with Crippen LogP contribution < -0.4 is 16.2 Å². The van der Waals surface area contributed by atoms with Crippen LogP contribution in [0, 0.1) is 0 Å². The minimum Gasteiger partial charge on any atom is -0.491 e. The van der Waals surface area contributed by atoms with Crippen molar-refractivity contribution >= 4 is 22.9 Å². The number of hydrogen-bond donors (Lipinski definition) is 2. The Kier molecular flexibility index (Phi) is 4.06. The van der Waals surface area contributed by atoms with E-state index in [1.54, 1.807) is 0 Å². The van der Waals surface area contributed by atoms with Gasteiger partial charge in [-0.2, -0.15) is 0 Å². The molecule has 0 saturated heterocycles. The van der Waals surface area contributed by atoms with Crippen LogP contribution in [0.2, 0.25) is 0 Å². The predicted molar refractivity (Wildman–Crippen MR) is 83.1 cm³/mol. The number of nitrogens with two attached hydrogens (primary N) is 2. The van der Waals surface area contributed by atoms with Crippen LogP contribution in [0.3, 0.4) is 0 Å². The van der Waals surface area contributed by atoms with Crippen LogP contribution in [0.5, 0.6) is 5.75 Å². The number of nitrogens with zero attached hydrogens (tertiary/aromatic N) is 2. The Morgan fingerprint density at radius 1 is 1.43 bits per heavy atom. The molecule has 0 atom stereocenters. The van der Waals surface area contributed by atoms with Gasteiger partial charge in [0.25, 0.3) is 0 Å². The lowest BCUT2D eigenvalue weighted by Crippen LogP contribution is -2.33. The van der Waals surface area contributed by atoms with Gasteiger partial charge in [0.2, 0.25) is 11.9 Å². The summed E-state index contributed by atoms with van der Waals surface area (Å²) < 4.78 is 7.55. The molecule has 4 N–H and O–H groups in total. The van der Waals surface area contributed by atoms with Crippen molar-refractivity contribution in [2.45, 2.75) is 39.2 Å². The summed E-state index contributed by atoms with van der Waals surface area (Å²) in [6.45, 7) is 6.49. The molecule has 6 heteroatoms. The van der Waals surface area contributed by atoms with E-state index in [1.807, 2.05) is 43.5 Å². The fraction of sp³-hybridized carbons (Fsp3) is 0.467. The van der Waals surface area contributed by atoms with Crippen molar-refractivity contribution in [2.75, 3.05) is 12.3 Å². The second kappa shape index (κ2) is 5.63. The standard InChI is InChI=1S/C15H22N4O2/c1-4-8-21-11-7-5-6-10-13(11)18-14(17)19(10)15(2,3)9-12(16)20/h5-7H,4,8-9H2,1-3H3,(H2,16,20)(H2,17,18). The number of ether oxygens (including phenoxy) is 1. The summed E-state index contributed by atoms with van der Waals surface area (Å²) >= 11 is 0. The van der Waals surface area contributed by atoms with Gasteiger partial charge >= 0.3 is 0 Å². The van der Waals surface area contributed by atoms with Crippen LogP contribution in [0.25, 0.3) is 11.0 Å². The molecule has 2 rings (SSSR count). The molecule has 21 heavy (non-hydrogen) atoms. The molecule has 114 valence electrons. The first kappa shape index (κ1) is 15.2. The minimum atomic E-state index is -0.548. The van der Waals surface area contributed by atoms with Gasteiger partial charge in [-0.15, -0.1) is 0 Å². The first-order chi connectivity index (χ1) is 9.86. The van der Waals surface area contributed by atoms with E-state index in [0.29, 0.717) is 23.8 Å². The maximum Gasteiger partial charge on any atom is 0.219 e. The van der Waals surface area contributed by atoms with E-state index in [9.17, 15) is 4.79 Å². The molecule has 2 aromatic rings. The van der Waals surface area contributed by atoms with Crippen LogP contribution in [-0.4, -0.2) is 22.1 Å². The lowest BCUT2D eigenvalue weighted by Gasteiger charge is -2.27. The number of anilines is 1. The number of carbonyl (C=O) groups excluding carboxylic acids is 1. The van der Waals surface area contributed by atoms with Gasteiger partial charge in [0.05, 0.1) is 17.7 Å². The fourth-order valence-corrected chi connectivity index (χ4v) is 2.56. The summed E-state index contributed by atoms with van der Waals surface area (Å²) in [5, 5.41) is 0. The number of nitrogen functional groups attached to an aromatic ring is 1. The Bertz CT molecular complexity index is 661. The second-order valence-electron chi connectivity index (χ2n) is 5.73. The fourth-order valence-electron chi connectivity index (χ4n) is 2.56. The molecule has 0 spiro atoms. The normalized spacial score (nSPS) is 11.8. The minimum absolute atomic E-state index is 0.183. The Morgan fingerprint density at radius 3 is 2.76 bits per heavy atom. The third kappa shape index (κ3) is 2.94. The quantitative estimate of drug-likeness (QED) is 0.850. The van der Waals surface area contributed by atoms with E-state index in [2.05, 4.69) is 4.98 Å². The van der Waals surface area contributed by atoms with Crippen molar-refractivity contribution in [2.24, 2.45) is 5.73 Å². The largest absolute Gasteiger partial charge is 0.491 e. The van der Waals surface area contributed by atoms with Gasteiger partial charge in [0.15, 0.2) is 0 Å². The first-order valence-electron chi connectivity index (χ1n) is 7.05. The van der Waals surface area contributed by atoms with Crippen molar-refractivity contribution in [3.05, 3.63) is 18.2 Å². The maximum atomic E-state index is 11.3. The van der Waals surface area contributed by atoms with E-state index in [4.69, 9.17) is 16.2 Å². The zero-order valence-corrected chi connectivity index (χ0v) is 12.7. The highest BCUT2D eigenvalue weighted by Crippen LogP contribution is 2.33. The van der Waals surface area contributed by atoms with Crippen LogP contribution in [0.15, 0.2) is 18.2 Å². The summed E-state index contributed by atoms with van der Waals surface area (Å²) in [6, 6.07) is 5.68. The third-order valence-electron chi connectivity index (χ3n) is 3.35. The van der Waals surface area contributed by atoms with Crippen LogP contribution in [0.4, 0.5) is 5.95 Å². The molecule has 0 radical (unpaired) electrons. The Morgan fingerprint density at radius 2 is 2.14 bits per heavy atom. The number of para-hydroxylation sites is 1. The molecule has 0 aliphatic heterocycles. The molecule has 1 heterocycles. The molecule has 0 aliphatic rings. The van der Waals surface area contributed by atoms with Gasteiger partial charge < -0.3 is 20.8 Å². The maximum absolute atomic E-state index is 11.3. The molecule has 1 aromatic heterocycles. The number of imidazole rings is 1. The smallest absolute Gasteiger partial charge is 0.219 e. The Hall–Kier alpha value is -2.24. The van der Waals surface area contributed by atoms with Gasteiger partial charge in [0.1, 0.15) is 11.3 Å². The molecule has 1 aromatic carbocycles. The van der Waals surface area contributed by atoms with Gasteiger partial charge in [0, 0.05) is 6.42 Å². The molecular weight excluding hydrogens is 268 g/mol. The van der Waals surface area contributed by atoms with Crippen molar-refractivity contribution in [3.8, 4) is 5.75 Å². The van der Waals surface area contributed by atoms with Crippen LogP contribution in [-0.2, 0) is 10.3 Å². The number of aromatic nitrogens is 2. The predicted octanol–water partition coefficient (Wildman–Crippen LogP) is 2.02. The van der Waals surface area contributed by atoms with E-state index < -0.39 is 5.54 Å². The Labute approximate surface area is 124 Å². The molecule has 0 bridgehead atoms. The van der Waals surface area contributed by atoms with E-state index >= 15 is 0 Å². The molecule has 1 amide bonds. The molecular formula is C15H22N4O2. The van der Waals surface area contributed by atoms with Crippen molar-refractivity contribution < 1.29 is 9.53 Å². The van der Waals surface area contributed by atoms with Crippen molar-refractivity contribution in [3.63, 3.8) is 0 Å². The number of hydrogen-bond acceptors (Lipinski definition) is 4. The van der Waals surface area contributed by atoms with Crippen LogP contribution >= 0.6 is 0 Å². The average Bonchev–Trinajstić information content (AvgIpc) is 2.71. The number of fused-ring (bicyclic) bond motifs is 1. The zero-order chi connectivity index (χ0) is 15.6. The number of amides is 1. The summed E-state index contributed by atoms with van der Waals surface area (Å²) in [5.74, 6) is 0.679. The van der Waals surface area contributed by atoms with E-state index in [-0.39, 0.29) is 12.3 Å². The molecule has 0 unspecified atom stereocenters.